The van der Waals surface area contributed by atoms with E-state index in [1.165, 1.54) is 31.0 Å². The Balaban J connectivity index is 1.61. The highest BCUT2D eigenvalue weighted by atomic mass is 32.2. The number of Topliss-reactive ketones (excluding diaryl/α,β-unsaturated/α-hetero) is 1. The largest absolute Gasteiger partial charge is 0.494 e. The van der Waals surface area contributed by atoms with Crippen LogP contribution in [0.2, 0.25) is 0 Å². The Hall–Kier alpha value is -1.94. The fourth-order valence-electron chi connectivity index (χ4n) is 2.99. The van der Waals surface area contributed by atoms with Crippen molar-refractivity contribution >= 4 is 27.4 Å². The number of aromatic nitrogens is 3. The quantitative estimate of drug-likeness (QED) is 0.506. The maximum Gasteiger partial charge on any atom is 0.191 e. The summed E-state index contributed by atoms with van der Waals surface area (Å²) in [5, 5.41) is 8.77. The van der Waals surface area contributed by atoms with E-state index >= 15 is 0 Å². The molecule has 10 heteroatoms. The Morgan fingerprint density at radius 1 is 1.41 bits per heavy atom. The van der Waals surface area contributed by atoms with Gasteiger partial charge in [-0.15, -0.1) is 10.2 Å². The summed E-state index contributed by atoms with van der Waals surface area (Å²) < 4.78 is 43.5. The molecule has 0 bridgehead atoms. The van der Waals surface area contributed by atoms with Crippen molar-refractivity contribution in [3.8, 4) is 5.75 Å². The maximum atomic E-state index is 13.7. The zero-order chi connectivity index (χ0) is 19.6. The van der Waals surface area contributed by atoms with E-state index in [0.717, 1.165) is 6.07 Å². The van der Waals surface area contributed by atoms with Crippen LogP contribution in [0.15, 0.2) is 23.4 Å². The zero-order valence-electron chi connectivity index (χ0n) is 15.0. The van der Waals surface area contributed by atoms with Gasteiger partial charge in [0.05, 0.1) is 24.4 Å². The third-order valence-electron chi connectivity index (χ3n) is 4.53. The molecular formula is C17H20FN3O4S2. The first-order valence-electron chi connectivity index (χ1n) is 8.37. The highest BCUT2D eigenvalue weighted by Crippen LogP contribution is 2.24. The number of ether oxygens (including phenoxy) is 1. The summed E-state index contributed by atoms with van der Waals surface area (Å²) in [4.78, 5) is 12.3. The number of hydrogen-bond acceptors (Lipinski definition) is 7. The lowest BCUT2D eigenvalue weighted by atomic mass is 10.1. The molecular weight excluding hydrogens is 393 g/mol. The fourth-order valence-corrected chi connectivity index (χ4v) is 5.68. The van der Waals surface area contributed by atoms with Crippen molar-refractivity contribution in [3.05, 3.63) is 35.4 Å². The number of ketones is 1. The fraction of sp³-hybridized carbons (Fsp3) is 0.471. The third kappa shape index (κ3) is 4.67. The molecule has 0 saturated carbocycles. The normalized spacial score (nSPS) is 18.6. The molecule has 1 fully saturated rings. The number of methoxy groups -OCH3 is 1. The number of rotatable bonds is 7. The first-order chi connectivity index (χ1) is 12.8. The van der Waals surface area contributed by atoms with Gasteiger partial charge in [0, 0.05) is 19.0 Å². The lowest BCUT2D eigenvalue weighted by molar-refractivity contribution is 0.102. The zero-order valence-corrected chi connectivity index (χ0v) is 16.6. The van der Waals surface area contributed by atoms with Gasteiger partial charge in [-0.3, -0.25) is 4.79 Å². The van der Waals surface area contributed by atoms with E-state index in [2.05, 4.69) is 10.2 Å². The van der Waals surface area contributed by atoms with Crippen molar-refractivity contribution in [2.24, 2.45) is 13.0 Å². The Morgan fingerprint density at radius 3 is 2.81 bits per heavy atom. The van der Waals surface area contributed by atoms with E-state index < -0.39 is 15.7 Å². The van der Waals surface area contributed by atoms with Crippen molar-refractivity contribution in [2.75, 3.05) is 24.4 Å². The number of halogens is 1. The van der Waals surface area contributed by atoms with Gasteiger partial charge < -0.3 is 9.30 Å². The molecule has 0 radical (unpaired) electrons. The topological polar surface area (TPSA) is 91.2 Å². The molecule has 0 unspecified atom stereocenters. The summed E-state index contributed by atoms with van der Waals surface area (Å²) >= 11 is 1.21. The van der Waals surface area contributed by atoms with E-state index in [-0.39, 0.29) is 40.3 Å². The first-order valence-corrected chi connectivity index (χ1v) is 11.2. The van der Waals surface area contributed by atoms with E-state index in [4.69, 9.17) is 4.74 Å². The number of nitrogens with zero attached hydrogens (tertiary/aromatic N) is 3. The second-order valence-corrected chi connectivity index (χ2v) is 9.66. The number of carbonyl (C=O) groups excluding carboxylic acids is 1. The van der Waals surface area contributed by atoms with Crippen LogP contribution in [0.4, 0.5) is 4.39 Å². The molecule has 1 aromatic carbocycles. The van der Waals surface area contributed by atoms with Gasteiger partial charge >= 0.3 is 0 Å². The van der Waals surface area contributed by atoms with Crippen molar-refractivity contribution in [1.29, 1.82) is 0 Å². The number of sulfone groups is 1. The number of benzene rings is 1. The summed E-state index contributed by atoms with van der Waals surface area (Å²) in [7, 11) is 0.225. The third-order valence-corrected chi connectivity index (χ3v) is 7.39. The van der Waals surface area contributed by atoms with Crippen LogP contribution in [0, 0.1) is 11.7 Å². The number of carbonyl (C=O) groups is 1. The van der Waals surface area contributed by atoms with Crippen LogP contribution in [0.5, 0.6) is 5.75 Å². The SMILES string of the molecule is COc1ccc(C(=O)CSc2nnc(C[C@H]3CCS(=O)(=O)C3)n2C)cc1F. The lowest BCUT2D eigenvalue weighted by Crippen LogP contribution is -2.11. The van der Waals surface area contributed by atoms with Gasteiger partial charge in [0.15, 0.2) is 32.3 Å². The van der Waals surface area contributed by atoms with Crippen molar-refractivity contribution in [3.63, 3.8) is 0 Å². The molecule has 0 spiro atoms. The summed E-state index contributed by atoms with van der Waals surface area (Å²) in [5.74, 6) is 0.533. The summed E-state index contributed by atoms with van der Waals surface area (Å²) in [6, 6.07) is 4.10. The minimum absolute atomic E-state index is 0.0552. The second-order valence-electron chi connectivity index (χ2n) is 6.49. The molecule has 2 aromatic rings. The van der Waals surface area contributed by atoms with Gasteiger partial charge in [0.25, 0.3) is 0 Å². The molecule has 27 heavy (non-hydrogen) atoms. The molecule has 0 aliphatic carbocycles. The number of thioether (sulfide) groups is 1. The van der Waals surface area contributed by atoms with Crippen LogP contribution < -0.4 is 4.74 Å². The first kappa shape index (κ1) is 19.8. The molecule has 2 heterocycles. The molecule has 146 valence electrons. The van der Waals surface area contributed by atoms with E-state index in [1.54, 1.807) is 11.6 Å². The van der Waals surface area contributed by atoms with Crippen LogP contribution in [0.3, 0.4) is 0 Å². The van der Waals surface area contributed by atoms with Crippen LogP contribution in [-0.2, 0) is 23.3 Å². The van der Waals surface area contributed by atoms with Gasteiger partial charge in [0.1, 0.15) is 5.82 Å². The van der Waals surface area contributed by atoms with Crippen molar-refractivity contribution in [2.45, 2.75) is 18.0 Å². The Morgan fingerprint density at radius 2 is 2.19 bits per heavy atom. The Bertz CT molecular complexity index is 959. The predicted molar refractivity (Wildman–Crippen MR) is 99.5 cm³/mol. The minimum atomic E-state index is -2.93. The monoisotopic (exact) mass is 413 g/mol. The lowest BCUT2D eigenvalue weighted by Gasteiger charge is -2.08. The van der Waals surface area contributed by atoms with E-state index in [1.807, 2.05) is 0 Å². The summed E-state index contributed by atoms with van der Waals surface area (Å²) in [6.07, 6.45) is 1.18. The van der Waals surface area contributed by atoms with Crippen LogP contribution >= 0.6 is 11.8 Å². The maximum absolute atomic E-state index is 13.7. The van der Waals surface area contributed by atoms with Crippen LogP contribution in [0.25, 0.3) is 0 Å². The number of hydrogen-bond donors (Lipinski definition) is 0. The van der Waals surface area contributed by atoms with Gasteiger partial charge in [-0.25, -0.2) is 12.8 Å². The van der Waals surface area contributed by atoms with Crippen molar-refractivity contribution < 1.29 is 22.3 Å². The van der Waals surface area contributed by atoms with Gasteiger partial charge in [-0.2, -0.15) is 0 Å². The molecule has 0 amide bonds. The average molecular weight is 413 g/mol. The molecule has 1 aromatic heterocycles. The smallest absolute Gasteiger partial charge is 0.191 e. The standard InChI is InChI=1S/C17H20FN3O4S2/c1-21-16(7-11-5-6-27(23,24)10-11)19-20-17(21)26-9-14(22)12-3-4-15(25-2)13(18)8-12/h3-4,8,11H,5-7,9-10H2,1-2H3/t11-/m1/s1. The molecule has 7 nitrogen and oxygen atoms in total. The van der Waals surface area contributed by atoms with Gasteiger partial charge in [-0.05, 0) is 30.5 Å². The molecule has 1 aliphatic rings. The summed E-state index contributed by atoms with van der Waals surface area (Å²) in [6.45, 7) is 0. The Kier molecular flexibility index (Phi) is 5.85. The molecule has 1 aliphatic heterocycles. The molecule has 0 N–H and O–H groups in total. The Labute approximate surface area is 161 Å². The van der Waals surface area contributed by atoms with Crippen LogP contribution in [-0.4, -0.2) is 53.3 Å². The second kappa shape index (κ2) is 7.97. The predicted octanol–water partition coefficient (Wildman–Crippen LogP) is 1.92. The van der Waals surface area contributed by atoms with Crippen LogP contribution in [0.1, 0.15) is 22.6 Å². The highest BCUT2D eigenvalue weighted by molar-refractivity contribution is 7.99. The summed E-state index contributed by atoms with van der Waals surface area (Å²) in [5.41, 5.74) is 0.263. The van der Waals surface area contributed by atoms with E-state index in [9.17, 15) is 17.6 Å². The van der Waals surface area contributed by atoms with Gasteiger partial charge in [0.2, 0.25) is 0 Å². The van der Waals surface area contributed by atoms with Gasteiger partial charge in [-0.1, -0.05) is 11.8 Å². The molecule has 1 atom stereocenters. The minimum Gasteiger partial charge on any atom is -0.494 e. The van der Waals surface area contributed by atoms with Crippen molar-refractivity contribution in [1.82, 2.24) is 14.8 Å². The molecule has 3 rings (SSSR count). The van der Waals surface area contributed by atoms with E-state index in [0.29, 0.717) is 23.8 Å². The highest BCUT2D eigenvalue weighted by Gasteiger charge is 2.29. The molecule has 1 saturated heterocycles. The average Bonchev–Trinajstić information content (AvgIpc) is 3.15.